The van der Waals surface area contributed by atoms with Crippen molar-refractivity contribution >= 4 is 18.0 Å². The van der Waals surface area contributed by atoms with Crippen LogP contribution in [-0.2, 0) is 16.0 Å². The van der Waals surface area contributed by atoms with Gasteiger partial charge in [0.2, 0.25) is 5.91 Å². The van der Waals surface area contributed by atoms with Gasteiger partial charge in [-0.2, -0.15) is 0 Å². The molecule has 1 saturated heterocycles. The number of hydrogen-bond acceptors (Lipinski definition) is 5. The van der Waals surface area contributed by atoms with Crippen molar-refractivity contribution in [3.63, 3.8) is 0 Å². The molecule has 9 nitrogen and oxygen atoms in total. The number of ether oxygens (including phenoxy) is 2. The van der Waals surface area contributed by atoms with Crippen LogP contribution in [0.5, 0.6) is 5.75 Å². The van der Waals surface area contributed by atoms with Crippen LogP contribution in [0.1, 0.15) is 32.3 Å². The van der Waals surface area contributed by atoms with E-state index in [-0.39, 0.29) is 24.6 Å². The van der Waals surface area contributed by atoms with E-state index in [1.165, 1.54) is 4.90 Å². The third-order valence-corrected chi connectivity index (χ3v) is 5.15. The Labute approximate surface area is 191 Å². The Kier molecular flexibility index (Phi) is 10.6. The Bertz CT molecular complexity index is 761. The Morgan fingerprint density at radius 3 is 2.59 bits per heavy atom. The first-order chi connectivity index (χ1) is 15.4. The fourth-order valence-electron chi connectivity index (χ4n) is 3.34. The molecule has 2 rings (SSSR count). The molecule has 1 aliphatic rings. The molecule has 178 valence electrons. The van der Waals surface area contributed by atoms with Crippen LogP contribution in [0.2, 0.25) is 0 Å². The Morgan fingerprint density at radius 1 is 1.19 bits per heavy atom. The van der Waals surface area contributed by atoms with Crippen molar-refractivity contribution in [2.75, 3.05) is 53.5 Å². The van der Waals surface area contributed by atoms with Crippen molar-refractivity contribution in [3.8, 4) is 5.75 Å². The Morgan fingerprint density at radius 2 is 1.94 bits per heavy atom. The highest BCUT2D eigenvalue weighted by Crippen LogP contribution is 2.14. The number of amides is 2. The fraction of sp³-hybridized carbons (Fsp3) is 0.609. The molecule has 0 radical (unpaired) electrons. The predicted molar refractivity (Wildman–Crippen MR) is 125 cm³/mol. The van der Waals surface area contributed by atoms with Crippen molar-refractivity contribution in [1.82, 2.24) is 20.4 Å². The fourth-order valence-corrected chi connectivity index (χ4v) is 3.34. The zero-order valence-corrected chi connectivity index (χ0v) is 19.7. The number of nitrogens with zero attached hydrogens (tertiary/aromatic N) is 3. The second-order valence-corrected chi connectivity index (χ2v) is 7.81. The molecule has 0 aliphatic carbocycles. The average molecular weight is 448 g/mol. The molecule has 32 heavy (non-hydrogen) atoms. The summed E-state index contributed by atoms with van der Waals surface area (Å²) in [5.41, 5.74) is 1.16. The van der Waals surface area contributed by atoms with E-state index in [2.05, 4.69) is 21.7 Å². The lowest BCUT2D eigenvalue weighted by Crippen LogP contribution is -2.50. The maximum absolute atomic E-state index is 12.0. The molecule has 1 heterocycles. The minimum atomic E-state index is -0.260. The maximum Gasteiger partial charge on any atom is 0.409 e. The van der Waals surface area contributed by atoms with Gasteiger partial charge in [0.05, 0.1) is 13.2 Å². The summed E-state index contributed by atoms with van der Waals surface area (Å²) in [6.45, 7) is 6.79. The van der Waals surface area contributed by atoms with Crippen LogP contribution in [0.3, 0.4) is 0 Å². The second-order valence-electron chi connectivity index (χ2n) is 7.81. The molecular weight excluding hydrogens is 410 g/mol. The summed E-state index contributed by atoms with van der Waals surface area (Å²) >= 11 is 0. The van der Waals surface area contributed by atoms with Crippen LogP contribution in [0.4, 0.5) is 4.79 Å². The molecule has 1 aromatic rings. The summed E-state index contributed by atoms with van der Waals surface area (Å²) in [5, 5.41) is 6.76. The minimum Gasteiger partial charge on any atom is -0.494 e. The lowest BCUT2D eigenvalue weighted by atomic mass is 10.1. The number of likely N-dealkylation sites (N-methyl/N-ethyl adjacent to an activating group) is 1. The molecule has 0 saturated carbocycles. The molecule has 9 heteroatoms. The van der Waals surface area contributed by atoms with Crippen molar-refractivity contribution in [1.29, 1.82) is 0 Å². The number of nitrogens with one attached hydrogen (secondary N) is 2. The quantitative estimate of drug-likeness (QED) is 0.443. The SMILES string of the molecule is CCOC(=O)N1CCC(NC(=NCC(=O)N(C)C)NCCc2cccc(OCC)c2)CC1. The standard InChI is InChI=1S/C23H37N5O4/c1-5-31-20-9-7-8-18(16-20)10-13-24-22(25-17-21(29)27(3)4)26-19-11-14-28(15-12-19)23(30)32-6-2/h7-9,16,19H,5-6,10-15,17H2,1-4H3,(H2,24,25,26). The second kappa shape index (κ2) is 13.4. The monoisotopic (exact) mass is 447 g/mol. The number of rotatable bonds is 9. The molecule has 0 atom stereocenters. The van der Waals surface area contributed by atoms with E-state index in [4.69, 9.17) is 9.47 Å². The van der Waals surface area contributed by atoms with Crippen LogP contribution < -0.4 is 15.4 Å². The Hall–Kier alpha value is -2.97. The summed E-state index contributed by atoms with van der Waals surface area (Å²) < 4.78 is 10.7. The highest BCUT2D eigenvalue weighted by atomic mass is 16.6. The van der Waals surface area contributed by atoms with Gasteiger partial charge in [0.1, 0.15) is 12.3 Å². The van der Waals surface area contributed by atoms with Crippen LogP contribution >= 0.6 is 0 Å². The number of hydrogen-bond donors (Lipinski definition) is 2. The van der Waals surface area contributed by atoms with Gasteiger partial charge in [0.15, 0.2) is 5.96 Å². The van der Waals surface area contributed by atoms with Gasteiger partial charge >= 0.3 is 6.09 Å². The summed E-state index contributed by atoms with van der Waals surface area (Å²) in [7, 11) is 3.43. The first-order valence-corrected chi connectivity index (χ1v) is 11.3. The van der Waals surface area contributed by atoms with Crippen LogP contribution in [0.25, 0.3) is 0 Å². The van der Waals surface area contributed by atoms with Crippen LogP contribution in [0, 0.1) is 0 Å². The Balaban J connectivity index is 1.91. The number of carbonyl (C=O) groups excluding carboxylic acids is 2. The van der Waals surface area contributed by atoms with Gasteiger partial charge < -0.3 is 29.9 Å². The highest BCUT2D eigenvalue weighted by Gasteiger charge is 2.24. The molecule has 0 spiro atoms. The van der Waals surface area contributed by atoms with Gasteiger partial charge in [-0.3, -0.25) is 4.79 Å². The summed E-state index contributed by atoms with van der Waals surface area (Å²) in [6.07, 6.45) is 2.11. The number of benzene rings is 1. The smallest absolute Gasteiger partial charge is 0.409 e. The minimum absolute atomic E-state index is 0.0624. The zero-order chi connectivity index (χ0) is 23.3. The lowest BCUT2D eigenvalue weighted by Gasteiger charge is -2.32. The van der Waals surface area contributed by atoms with Crippen molar-refractivity contribution < 1.29 is 19.1 Å². The van der Waals surface area contributed by atoms with Gasteiger partial charge in [-0.25, -0.2) is 9.79 Å². The molecule has 1 aromatic carbocycles. The first-order valence-electron chi connectivity index (χ1n) is 11.3. The number of carbonyl (C=O) groups is 2. The number of likely N-dealkylation sites (tertiary alicyclic amines) is 1. The number of piperidine rings is 1. The van der Waals surface area contributed by atoms with Crippen molar-refractivity contribution in [3.05, 3.63) is 29.8 Å². The lowest BCUT2D eigenvalue weighted by molar-refractivity contribution is -0.127. The van der Waals surface area contributed by atoms with E-state index in [0.29, 0.717) is 38.8 Å². The van der Waals surface area contributed by atoms with E-state index >= 15 is 0 Å². The van der Waals surface area contributed by atoms with Crippen LogP contribution in [0.15, 0.2) is 29.3 Å². The van der Waals surface area contributed by atoms with E-state index in [1.807, 2.05) is 32.0 Å². The van der Waals surface area contributed by atoms with Gasteiger partial charge in [0, 0.05) is 39.8 Å². The topological polar surface area (TPSA) is 95.5 Å². The molecule has 0 unspecified atom stereocenters. The van der Waals surface area contributed by atoms with Gasteiger partial charge in [-0.1, -0.05) is 12.1 Å². The predicted octanol–water partition coefficient (Wildman–Crippen LogP) is 1.87. The molecular formula is C23H37N5O4. The summed E-state index contributed by atoms with van der Waals surface area (Å²) in [6, 6.07) is 8.21. The van der Waals surface area contributed by atoms with Gasteiger partial charge in [-0.05, 0) is 50.8 Å². The van der Waals surface area contributed by atoms with Crippen molar-refractivity contribution in [2.45, 2.75) is 39.2 Å². The largest absolute Gasteiger partial charge is 0.494 e. The van der Waals surface area contributed by atoms with E-state index in [0.717, 1.165) is 30.6 Å². The molecule has 2 N–H and O–H groups in total. The van der Waals surface area contributed by atoms with E-state index in [9.17, 15) is 9.59 Å². The van der Waals surface area contributed by atoms with Crippen LogP contribution in [-0.4, -0.2) is 87.3 Å². The number of aliphatic imine (C=N–C) groups is 1. The van der Waals surface area contributed by atoms with Gasteiger partial charge in [-0.15, -0.1) is 0 Å². The molecule has 1 fully saturated rings. The van der Waals surface area contributed by atoms with Crippen molar-refractivity contribution in [2.24, 2.45) is 4.99 Å². The molecule has 1 aliphatic heterocycles. The number of guanidine groups is 1. The third kappa shape index (κ3) is 8.64. The van der Waals surface area contributed by atoms with E-state index in [1.54, 1.807) is 19.0 Å². The summed E-state index contributed by atoms with van der Waals surface area (Å²) in [5.74, 6) is 1.41. The molecule has 0 bridgehead atoms. The highest BCUT2D eigenvalue weighted by molar-refractivity contribution is 5.85. The molecule has 2 amide bonds. The normalized spacial score (nSPS) is 14.6. The first kappa shape index (κ1) is 25.3. The van der Waals surface area contributed by atoms with E-state index < -0.39 is 0 Å². The third-order valence-electron chi connectivity index (χ3n) is 5.15. The zero-order valence-electron chi connectivity index (χ0n) is 19.7. The molecule has 0 aromatic heterocycles. The maximum atomic E-state index is 12.0. The summed E-state index contributed by atoms with van der Waals surface area (Å²) in [4.78, 5) is 31.6. The van der Waals surface area contributed by atoms with Gasteiger partial charge in [0.25, 0.3) is 0 Å². The average Bonchev–Trinajstić information content (AvgIpc) is 2.78.